The van der Waals surface area contributed by atoms with Crippen molar-refractivity contribution in [1.29, 1.82) is 0 Å². The molecule has 0 saturated heterocycles. The van der Waals surface area contributed by atoms with Crippen molar-refractivity contribution < 1.29 is 4.79 Å². The first kappa shape index (κ1) is 16.4. The summed E-state index contributed by atoms with van der Waals surface area (Å²) in [5.41, 5.74) is 1.11. The molecular formula is C17H23N5O2. The number of amides is 1. The van der Waals surface area contributed by atoms with Crippen LogP contribution in [0.5, 0.6) is 0 Å². The molecule has 0 bridgehead atoms. The standard InChI is InChI=1S/C17H23N5O2/c1-17(2,3)13-10-22-9-11(5-7-14(22)19-13)18-16(24)12-6-8-15(23)21(4)20-12/h6,8,10-11H,5,7,9H2,1-4H3,(H,18,24)/t11-/m1/s1. The Hall–Kier alpha value is -2.44. The van der Waals surface area contributed by atoms with E-state index in [1.165, 1.54) is 23.9 Å². The Balaban J connectivity index is 1.71. The highest BCUT2D eigenvalue weighted by Gasteiger charge is 2.25. The van der Waals surface area contributed by atoms with Crippen LogP contribution in [0.4, 0.5) is 0 Å². The van der Waals surface area contributed by atoms with Gasteiger partial charge in [0, 0.05) is 43.7 Å². The topological polar surface area (TPSA) is 81.8 Å². The van der Waals surface area contributed by atoms with Gasteiger partial charge in [-0.3, -0.25) is 9.59 Å². The molecule has 1 atom stereocenters. The lowest BCUT2D eigenvalue weighted by atomic mass is 9.93. The second-order valence-corrected chi connectivity index (χ2v) is 7.33. The second kappa shape index (κ2) is 5.89. The summed E-state index contributed by atoms with van der Waals surface area (Å²) in [6.07, 6.45) is 3.76. The molecule has 1 aliphatic heterocycles. The molecule has 0 aliphatic carbocycles. The number of carbonyl (C=O) groups is 1. The lowest BCUT2D eigenvalue weighted by Gasteiger charge is -2.24. The summed E-state index contributed by atoms with van der Waals surface area (Å²) < 4.78 is 3.29. The lowest BCUT2D eigenvalue weighted by Crippen LogP contribution is -2.41. The molecule has 7 nitrogen and oxygen atoms in total. The molecule has 0 spiro atoms. The Kier molecular flexibility index (Phi) is 4.03. The largest absolute Gasteiger partial charge is 0.346 e. The molecule has 24 heavy (non-hydrogen) atoms. The fraction of sp³-hybridized carbons (Fsp3) is 0.529. The van der Waals surface area contributed by atoms with Gasteiger partial charge in [0.2, 0.25) is 0 Å². The zero-order chi connectivity index (χ0) is 17.5. The SMILES string of the molecule is Cn1nc(C(=O)N[C@@H]2CCc3nc(C(C)(C)C)cn3C2)ccc1=O. The zero-order valence-electron chi connectivity index (χ0n) is 14.5. The van der Waals surface area contributed by atoms with Crippen LogP contribution in [0.1, 0.15) is 49.2 Å². The highest BCUT2D eigenvalue weighted by Crippen LogP contribution is 2.24. The maximum absolute atomic E-state index is 12.3. The number of rotatable bonds is 2. The van der Waals surface area contributed by atoms with E-state index in [0.29, 0.717) is 6.54 Å². The van der Waals surface area contributed by atoms with Crippen molar-refractivity contribution in [1.82, 2.24) is 24.6 Å². The van der Waals surface area contributed by atoms with Crippen molar-refractivity contribution in [2.75, 3.05) is 0 Å². The van der Waals surface area contributed by atoms with Gasteiger partial charge < -0.3 is 9.88 Å². The molecule has 128 valence electrons. The van der Waals surface area contributed by atoms with E-state index in [0.717, 1.165) is 24.4 Å². The van der Waals surface area contributed by atoms with Crippen molar-refractivity contribution in [3.8, 4) is 0 Å². The first-order valence-electron chi connectivity index (χ1n) is 8.16. The van der Waals surface area contributed by atoms with E-state index in [-0.39, 0.29) is 28.6 Å². The quantitative estimate of drug-likeness (QED) is 0.892. The Morgan fingerprint density at radius 3 is 2.75 bits per heavy atom. The summed E-state index contributed by atoms with van der Waals surface area (Å²) in [6.45, 7) is 7.14. The summed E-state index contributed by atoms with van der Waals surface area (Å²) in [7, 11) is 1.53. The van der Waals surface area contributed by atoms with E-state index in [1.54, 1.807) is 0 Å². The molecule has 0 unspecified atom stereocenters. The van der Waals surface area contributed by atoms with Gasteiger partial charge in [-0.2, -0.15) is 5.10 Å². The highest BCUT2D eigenvalue weighted by molar-refractivity contribution is 5.92. The molecule has 0 fully saturated rings. The summed E-state index contributed by atoms with van der Waals surface area (Å²) >= 11 is 0. The number of fused-ring (bicyclic) bond motifs is 1. The third-order valence-corrected chi connectivity index (χ3v) is 4.29. The third-order valence-electron chi connectivity index (χ3n) is 4.29. The highest BCUT2D eigenvalue weighted by atomic mass is 16.2. The first-order valence-corrected chi connectivity index (χ1v) is 8.16. The summed E-state index contributed by atoms with van der Waals surface area (Å²) in [6, 6.07) is 2.85. The van der Waals surface area contributed by atoms with Crippen LogP contribution in [-0.2, 0) is 25.4 Å². The Labute approximate surface area is 140 Å². The van der Waals surface area contributed by atoms with Crippen LogP contribution in [0.3, 0.4) is 0 Å². The van der Waals surface area contributed by atoms with E-state index in [2.05, 4.69) is 42.0 Å². The maximum Gasteiger partial charge on any atom is 0.272 e. The van der Waals surface area contributed by atoms with E-state index in [9.17, 15) is 9.59 Å². The van der Waals surface area contributed by atoms with Crippen molar-refractivity contribution in [2.45, 2.75) is 51.6 Å². The van der Waals surface area contributed by atoms with Gasteiger partial charge in [0.15, 0.2) is 0 Å². The molecule has 1 aliphatic rings. The van der Waals surface area contributed by atoms with Crippen LogP contribution in [-0.4, -0.2) is 31.3 Å². The van der Waals surface area contributed by atoms with Gasteiger partial charge in [-0.25, -0.2) is 9.67 Å². The molecule has 2 aromatic heterocycles. The monoisotopic (exact) mass is 329 g/mol. The number of carbonyl (C=O) groups excluding carboxylic acids is 1. The number of imidazole rings is 1. The summed E-state index contributed by atoms with van der Waals surface area (Å²) in [4.78, 5) is 28.4. The number of aryl methyl sites for hydroxylation is 2. The van der Waals surface area contributed by atoms with Crippen molar-refractivity contribution in [2.24, 2.45) is 7.05 Å². The second-order valence-electron chi connectivity index (χ2n) is 7.33. The summed E-state index contributed by atoms with van der Waals surface area (Å²) in [5.74, 6) is 0.820. The first-order chi connectivity index (χ1) is 11.2. The van der Waals surface area contributed by atoms with Crippen LogP contribution in [0.25, 0.3) is 0 Å². The number of hydrogen-bond acceptors (Lipinski definition) is 4. The van der Waals surface area contributed by atoms with Gasteiger partial charge >= 0.3 is 0 Å². The molecule has 2 aromatic rings. The minimum atomic E-state index is -0.254. The van der Waals surface area contributed by atoms with Crippen LogP contribution < -0.4 is 10.9 Å². The van der Waals surface area contributed by atoms with E-state index in [1.807, 2.05) is 0 Å². The number of hydrogen-bond donors (Lipinski definition) is 1. The number of nitrogens with one attached hydrogen (secondary N) is 1. The fourth-order valence-corrected chi connectivity index (χ4v) is 2.81. The van der Waals surface area contributed by atoms with Gasteiger partial charge in [-0.1, -0.05) is 20.8 Å². The van der Waals surface area contributed by atoms with Crippen LogP contribution >= 0.6 is 0 Å². The minimum absolute atomic E-state index is 0.0157. The van der Waals surface area contributed by atoms with Crippen molar-refractivity contribution in [3.63, 3.8) is 0 Å². The number of nitrogens with zero attached hydrogens (tertiary/aromatic N) is 4. The van der Waals surface area contributed by atoms with Gasteiger partial charge in [0.25, 0.3) is 11.5 Å². The molecule has 3 rings (SSSR count). The molecule has 0 aromatic carbocycles. The van der Waals surface area contributed by atoms with E-state index < -0.39 is 0 Å². The third kappa shape index (κ3) is 3.25. The van der Waals surface area contributed by atoms with E-state index in [4.69, 9.17) is 4.98 Å². The minimum Gasteiger partial charge on any atom is -0.346 e. The normalized spacial score (nSPS) is 17.4. The predicted molar refractivity (Wildman–Crippen MR) is 90.0 cm³/mol. The Bertz CT molecular complexity index is 828. The van der Waals surface area contributed by atoms with Gasteiger partial charge in [0.1, 0.15) is 11.5 Å². The Morgan fingerprint density at radius 1 is 1.33 bits per heavy atom. The average Bonchev–Trinajstić information content (AvgIpc) is 2.93. The van der Waals surface area contributed by atoms with Gasteiger partial charge in [-0.05, 0) is 12.5 Å². The molecular weight excluding hydrogens is 306 g/mol. The number of aromatic nitrogens is 4. The molecule has 3 heterocycles. The van der Waals surface area contributed by atoms with Crippen molar-refractivity contribution in [3.05, 3.63) is 45.9 Å². The fourth-order valence-electron chi connectivity index (χ4n) is 2.81. The molecule has 7 heteroatoms. The molecule has 0 saturated carbocycles. The van der Waals surface area contributed by atoms with Gasteiger partial charge in [0.05, 0.1) is 5.69 Å². The maximum atomic E-state index is 12.3. The smallest absolute Gasteiger partial charge is 0.272 e. The molecule has 1 amide bonds. The van der Waals surface area contributed by atoms with Crippen LogP contribution in [0, 0.1) is 0 Å². The van der Waals surface area contributed by atoms with Gasteiger partial charge in [-0.15, -0.1) is 0 Å². The van der Waals surface area contributed by atoms with Crippen LogP contribution in [0.2, 0.25) is 0 Å². The molecule has 1 N–H and O–H groups in total. The molecule has 0 radical (unpaired) electrons. The van der Waals surface area contributed by atoms with Crippen molar-refractivity contribution >= 4 is 5.91 Å². The predicted octanol–water partition coefficient (Wildman–Crippen LogP) is 1.02. The lowest BCUT2D eigenvalue weighted by molar-refractivity contribution is 0.0920. The Morgan fingerprint density at radius 2 is 2.08 bits per heavy atom. The summed E-state index contributed by atoms with van der Waals surface area (Å²) in [5, 5.41) is 7.00. The average molecular weight is 329 g/mol. The van der Waals surface area contributed by atoms with E-state index >= 15 is 0 Å². The van der Waals surface area contributed by atoms with Crippen LogP contribution in [0.15, 0.2) is 23.1 Å². The zero-order valence-corrected chi connectivity index (χ0v) is 14.5.